The summed E-state index contributed by atoms with van der Waals surface area (Å²) in [5, 5.41) is 21.0. The maximum absolute atomic E-state index is 12.1. The Morgan fingerprint density at radius 2 is 1.80 bits per heavy atom. The van der Waals surface area contributed by atoms with Crippen LogP contribution in [0.5, 0.6) is 11.5 Å². The Morgan fingerprint density at radius 1 is 1.12 bits per heavy atom. The molecule has 3 N–H and O–H groups in total. The van der Waals surface area contributed by atoms with Gasteiger partial charge in [-0.1, -0.05) is 39.0 Å². The first-order chi connectivity index (χ1) is 11.7. The van der Waals surface area contributed by atoms with Crippen LogP contribution in [-0.4, -0.2) is 28.7 Å². The number of hydrogen-bond acceptors (Lipinski definition) is 4. The summed E-state index contributed by atoms with van der Waals surface area (Å²) in [6, 6.07) is 11.2. The lowest BCUT2D eigenvalue weighted by atomic mass is 9.86. The van der Waals surface area contributed by atoms with E-state index in [1.165, 1.54) is 12.1 Å². The fourth-order valence-electron chi connectivity index (χ4n) is 2.36. The largest absolute Gasteiger partial charge is 0.508 e. The highest BCUT2D eigenvalue weighted by atomic mass is 16.5. The number of carboxylic acid groups (broad SMARTS) is 1. The lowest BCUT2D eigenvalue weighted by Crippen LogP contribution is -2.23. The quantitative estimate of drug-likeness (QED) is 0.723. The number of carbonyl (C=O) groups excluding carboxylic acids is 1. The van der Waals surface area contributed by atoms with E-state index in [1.807, 2.05) is 39.0 Å². The number of anilines is 1. The molecule has 0 spiro atoms. The third-order valence-electron chi connectivity index (χ3n) is 3.56. The minimum atomic E-state index is -1.25. The molecule has 0 saturated heterocycles. The van der Waals surface area contributed by atoms with Crippen molar-refractivity contribution < 1.29 is 24.5 Å². The van der Waals surface area contributed by atoms with Crippen molar-refractivity contribution in [2.45, 2.75) is 26.2 Å². The number of para-hydroxylation sites is 1. The van der Waals surface area contributed by atoms with Gasteiger partial charge >= 0.3 is 5.97 Å². The second-order valence-electron chi connectivity index (χ2n) is 6.62. The molecule has 0 atom stereocenters. The van der Waals surface area contributed by atoms with Crippen LogP contribution in [0.3, 0.4) is 0 Å². The topological polar surface area (TPSA) is 95.9 Å². The monoisotopic (exact) mass is 343 g/mol. The summed E-state index contributed by atoms with van der Waals surface area (Å²) in [6.45, 7) is 5.88. The molecule has 25 heavy (non-hydrogen) atoms. The van der Waals surface area contributed by atoms with Gasteiger partial charge in [-0.2, -0.15) is 0 Å². The molecule has 0 aliphatic carbocycles. The van der Waals surface area contributed by atoms with Crippen molar-refractivity contribution in [3.8, 4) is 11.5 Å². The number of phenolic OH excluding ortho intramolecular Hbond substituents is 1. The second-order valence-corrected chi connectivity index (χ2v) is 6.62. The van der Waals surface area contributed by atoms with Crippen molar-refractivity contribution in [1.29, 1.82) is 0 Å². The van der Waals surface area contributed by atoms with Crippen molar-refractivity contribution >= 4 is 17.6 Å². The molecule has 1 amide bonds. The first-order valence-corrected chi connectivity index (χ1v) is 7.77. The molecule has 2 aromatic carbocycles. The van der Waals surface area contributed by atoms with Crippen LogP contribution in [0.4, 0.5) is 5.69 Å². The Kier molecular flexibility index (Phi) is 5.32. The predicted octanol–water partition coefficient (Wildman–Crippen LogP) is 3.41. The van der Waals surface area contributed by atoms with Crippen LogP contribution < -0.4 is 10.1 Å². The predicted molar refractivity (Wildman–Crippen MR) is 94.3 cm³/mol. The van der Waals surface area contributed by atoms with E-state index in [-0.39, 0.29) is 29.0 Å². The summed E-state index contributed by atoms with van der Waals surface area (Å²) in [5.41, 5.74) is 0.741. The van der Waals surface area contributed by atoms with Gasteiger partial charge in [-0.15, -0.1) is 0 Å². The van der Waals surface area contributed by atoms with Crippen LogP contribution in [0.2, 0.25) is 0 Å². The maximum Gasteiger partial charge on any atom is 0.337 e. The number of aromatic carboxylic acids is 1. The summed E-state index contributed by atoms with van der Waals surface area (Å²) in [7, 11) is 0. The van der Waals surface area contributed by atoms with Crippen molar-refractivity contribution in [3.05, 3.63) is 53.6 Å². The van der Waals surface area contributed by atoms with Gasteiger partial charge in [0, 0.05) is 0 Å². The number of hydrogen-bond donors (Lipinski definition) is 3. The lowest BCUT2D eigenvalue weighted by Gasteiger charge is -2.22. The first kappa shape index (κ1) is 18.3. The summed E-state index contributed by atoms with van der Waals surface area (Å²) in [6.07, 6.45) is 0. The molecular weight excluding hydrogens is 322 g/mol. The van der Waals surface area contributed by atoms with Crippen molar-refractivity contribution in [1.82, 2.24) is 0 Å². The number of carboxylic acids is 1. The fourth-order valence-corrected chi connectivity index (χ4v) is 2.36. The SMILES string of the molecule is CC(C)(C)c1ccccc1OCC(=O)Nc1ccc(O)cc1C(=O)O. The molecule has 0 aromatic heterocycles. The standard InChI is InChI=1S/C19H21NO5/c1-19(2,3)14-6-4-5-7-16(14)25-11-17(22)20-15-9-8-12(21)10-13(15)18(23)24/h4-10,21H,11H2,1-3H3,(H,20,22)(H,23,24). The average molecular weight is 343 g/mol. The van der Waals surface area contributed by atoms with Crippen LogP contribution in [0.25, 0.3) is 0 Å². The van der Waals surface area contributed by atoms with Gasteiger partial charge in [0.15, 0.2) is 6.61 Å². The van der Waals surface area contributed by atoms with E-state index < -0.39 is 11.9 Å². The summed E-state index contributed by atoms with van der Waals surface area (Å²) < 4.78 is 5.61. The molecule has 0 unspecified atom stereocenters. The number of ether oxygens (including phenoxy) is 1. The zero-order valence-electron chi connectivity index (χ0n) is 14.4. The fraction of sp³-hybridized carbons (Fsp3) is 0.263. The zero-order valence-corrected chi connectivity index (χ0v) is 14.4. The van der Waals surface area contributed by atoms with E-state index in [2.05, 4.69) is 5.32 Å². The molecule has 132 valence electrons. The Hall–Kier alpha value is -3.02. The highest BCUT2D eigenvalue weighted by Crippen LogP contribution is 2.31. The zero-order chi connectivity index (χ0) is 18.6. The van der Waals surface area contributed by atoms with Crippen LogP contribution in [0.15, 0.2) is 42.5 Å². The van der Waals surface area contributed by atoms with Crippen LogP contribution >= 0.6 is 0 Å². The van der Waals surface area contributed by atoms with Gasteiger partial charge in [-0.3, -0.25) is 4.79 Å². The van der Waals surface area contributed by atoms with Gasteiger partial charge in [-0.05, 0) is 35.2 Å². The Bertz CT molecular complexity index is 793. The molecule has 0 heterocycles. The minimum Gasteiger partial charge on any atom is -0.508 e. The minimum absolute atomic E-state index is 0.100. The molecule has 0 aliphatic rings. The molecule has 0 fully saturated rings. The van der Waals surface area contributed by atoms with E-state index in [0.29, 0.717) is 5.75 Å². The number of carbonyl (C=O) groups is 2. The highest BCUT2D eigenvalue weighted by Gasteiger charge is 2.19. The summed E-state index contributed by atoms with van der Waals surface area (Å²) in [4.78, 5) is 23.3. The lowest BCUT2D eigenvalue weighted by molar-refractivity contribution is -0.118. The third-order valence-corrected chi connectivity index (χ3v) is 3.56. The molecule has 0 bridgehead atoms. The number of phenols is 1. The van der Waals surface area contributed by atoms with Crippen molar-refractivity contribution in [2.75, 3.05) is 11.9 Å². The van der Waals surface area contributed by atoms with Gasteiger partial charge in [0.1, 0.15) is 11.5 Å². The van der Waals surface area contributed by atoms with Gasteiger partial charge in [0.2, 0.25) is 0 Å². The van der Waals surface area contributed by atoms with Crippen LogP contribution in [-0.2, 0) is 10.2 Å². The Labute approximate surface area is 146 Å². The van der Waals surface area contributed by atoms with Crippen molar-refractivity contribution in [2.24, 2.45) is 0 Å². The number of aromatic hydroxyl groups is 1. The number of amides is 1. The normalized spacial score (nSPS) is 11.0. The molecule has 0 radical (unpaired) electrons. The second kappa shape index (κ2) is 7.25. The highest BCUT2D eigenvalue weighted by molar-refractivity contribution is 6.01. The van der Waals surface area contributed by atoms with E-state index >= 15 is 0 Å². The number of rotatable bonds is 5. The van der Waals surface area contributed by atoms with Crippen molar-refractivity contribution in [3.63, 3.8) is 0 Å². The first-order valence-electron chi connectivity index (χ1n) is 7.77. The number of nitrogens with one attached hydrogen (secondary N) is 1. The summed E-state index contributed by atoms with van der Waals surface area (Å²) >= 11 is 0. The number of benzene rings is 2. The molecule has 0 saturated carbocycles. The Balaban J connectivity index is 2.09. The molecule has 6 nitrogen and oxygen atoms in total. The van der Waals surface area contributed by atoms with Gasteiger partial charge in [-0.25, -0.2) is 4.79 Å². The molecular formula is C19H21NO5. The smallest absolute Gasteiger partial charge is 0.337 e. The summed E-state index contributed by atoms with van der Waals surface area (Å²) in [5.74, 6) is -1.32. The van der Waals surface area contributed by atoms with Gasteiger partial charge in [0.05, 0.1) is 11.3 Å². The van der Waals surface area contributed by atoms with Gasteiger partial charge in [0.25, 0.3) is 5.91 Å². The van der Waals surface area contributed by atoms with Crippen LogP contribution in [0.1, 0.15) is 36.7 Å². The van der Waals surface area contributed by atoms with E-state index in [4.69, 9.17) is 9.84 Å². The molecule has 0 aliphatic heterocycles. The molecule has 2 aromatic rings. The van der Waals surface area contributed by atoms with E-state index in [1.54, 1.807) is 6.07 Å². The van der Waals surface area contributed by atoms with E-state index in [0.717, 1.165) is 11.6 Å². The molecule has 6 heteroatoms. The van der Waals surface area contributed by atoms with Gasteiger partial charge < -0.3 is 20.3 Å². The third kappa shape index (κ3) is 4.73. The maximum atomic E-state index is 12.1. The van der Waals surface area contributed by atoms with E-state index in [9.17, 15) is 14.7 Å². The Morgan fingerprint density at radius 3 is 2.44 bits per heavy atom. The van der Waals surface area contributed by atoms with Crippen LogP contribution in [0, 0.1) is 0 Å². The average Bonchev–Trinajstić information content (AvgIpc) is 2.54. The molecule has 2 rings (SSSR count).